The van der Waals surface area contributed by atoms with E-state index in [-0.39, 0.29) is 5.41 Å². The van der Waals surface area contributed by atoms with E-state index in [1.165, 1.54) is 0 Å². The summed E-state index contributed by atoms with van der Waals surface area (Å²) in [4.78, 5) is 0.293. The molecule has 1 aliphatic rings. The number of hydrogen-bond acceptors (Lipinski definition) is 3. The number of halogens is 1. The van der Waals surface area contributed by atoms with Gasteiger partial charge in [-0.2, -0.15) is 4.31 Å². The molecule has 1 aliphatic heterocycles. The van der Waals surface area contributed by atoms with E-state index in [1.807, 2.05) is 0 Å². The minimum absolute atomic E-state index is 0.0537. The second kappa shape index (κ2) is 4.51. The molecule has 0 atom stereocenters. The normalized spacial score (nSPS) is 20.2. The fraction of sp³-hybridized carbons (Fsp3) is 0.500. The Bertz CT molecular complexity index is 569. The molecule has 1 aromatic carbocycles. The molecule has 2 N–H and O–H groups in total. The summed E-state index contributed by atoms with van der Waals surface area (Å²) in [5, 5.41) is 0. The lowest BCUT2D eigenvalue weighted by Gasteiger charge is -2.20. The predicted octanol–water partition coefficient (Wildman–Crippen LogP) is 2.45. The van der Waals surface area contributed by atoms with Crippen molar-refractivity contribution in [3.63, 3.8) is 0 Å². The van der Waals surface area contributed by atoms with Gasteiger partial charge in [0.1, 0.15) is 0 Å². The smallest absolute Gasteiger partial charge is 0.243 e. The molecule has 1 fully saturated rings. The Labute approximate surface area is 116 Å². The number of nitrogens with two attached hydrogens (primary N) is 1. The van der Waals surface area contributed by atoms with Gasteiger partial charge < -0.3 is 5.73 Å². The molecule has 6 heteroatoms. The number of hydrogen-bond donors (Lipinski definition) is 1. The number of nitrogens with zero attached hydrogens (tertiary/aromatic N) is 1. The molecule has 0 spiro atoms. The number of anilines is 1. The highest BCUT2D eigenvalue weighted by Gasteiger charge is 2.36. The van der Waals surface area contributed by atoms with Gasteiger partial charge in [-0.3, -0.25) is 0 Å². The van der Waals surface area contributed by atoms with Gasteiger partial charge >= 0.3 is 0 Å². The molecule has 100 valence electrons. The summed E-state index contributed by atoms with van der Waals surface area (Å²) in [6.07, 6.45) is 0.891. The minimum atomic E-state index is -3.40. The number of sulfonamides is 1. The summed E-state index contributed by atoms with van der Waals surface area (Å²) in [5.74, 6) is 0. The average Bonchev–Trinajstić information content (AvgIpc) is 2.63. The summed E-state index contributed by atoms with van der Waals surface area (Å²) in [5.41, 5.74) is 6.26. The average molecular weight is 333 g/mol. The standard InChI is InChI=1S/C12H17BrN2O2S/c1-12(2)5-6-15(8-12)18(16,17)9-3-4-11(14)10(13)7-9/h3-4,7H,5-6,8,14H2,1-2H3. The molecule has 18 heavy (non-hydrogen) atoms. The number of benzene rings is 1. The van der Waals surface area contributed by atoms with Crippen molar-refractivity contribution in [2.24, 2.45) is 5.41 Å². The summed E-state index contributed by atoms with van der Waals surface area (Å²) < 4.78 is 27.1. The predicted molar refractivity (Wildman–Crippen MR) is 75.7 cm³/mol. The van der Waals surface area contributed by atoms with Gasteiger partial charge in [-0.05, 0) is 46.0 Å². The van der Waals surface area contributed by atoms with Crippen LogP contribution < -0.4 is 5.73 Å². The van der Waals surface area contributed by atoms with Crippen LogP contribution in [-0.2, 0) is 10.0 Å². The second-order valence-electron chi connectivity index (χ2n) is 5.44. The van der Waals surface area contributed by atoms with Crippen LogP contribution in [0.5, 0.6) is 0 Å². The molecule has 0 unspecified atom stereocenters. The van der Waals surface area contributed by atoms with Crippen LogP contribution in [0, 0.1) is 5.41 Å². The van der Waals surface area contributed by atoms with E-state index < -0.39 is 10.0 Å². The molecule has 0 amide bonds. The van der Waals surface area contributed by atoms with Crippen LogP contribution in [0.3, 0.4) is 0 Å². The van der Waals surface area contributed by atoms with Crippen LogP contribution in [0.4, 0.5) is 5.69 Å². The number of rotatable bonds is 2. The minimum Gasteiger partial charge on any atom is -0.398 e. The van der Waals surface area contributed by atoms with Gasteiger partial charge in [0, 0.05) is 23.2 Å². The van der Waals surface area contributed by atoms with Crippen LogP contribution >= 0.6 is 15.9 Å². The highest BCUT2D eigenvalue weighted by atomic mass is 79.9. The quantitative estimate of drug-likeness (QED) is 0.846. The van der Waals surface area contributed by atoms with Crippen molar-refractivity contribution in [2.75, 3.05) is 18.8 Å². The Hall–Kier alpha value is -0.590. The first-order valence-electron chi connectivity index (χ1n) is 5.78. The fourth-order valence-corrected chi connectivity index (χ4v) is 4.27. The summed E-state index contributed by atoms with van der Waals surface area (Å²) >= 11 is 3.26. The first-order valence-corrected chi connectivity index (χ1v) is 8.01. The van der Waals surface area contributed by atoms with Crippen molar-refractivity contribution < 1.29 is 8.42 Å². The topological polar surface area (TPSA) is 63.4 Å². The highest BCUT2D eigenvalue weighted by Crippen LogP contribution is 2.33. The van der Waals surface area contributed by atoms with E-state index in [1.54, 1.807) is 22.5 Å². The van der Waals surface area contributed by atoms with Gasteiger partial charge in [0.15, 0.2) is 0 Å². The van der Waals surface area contributed by atoms with Crippen molar-refractivity contribution in [3.8, 4) is 0 Å². The molecule has 0 radical (unpaired) electrons. The van der Waals surface area contributed by atoms with Crippen LogP contribution in [0.1, 0.15) is 20.3 Å². The van der Waals surface area contributed by atoms with Crippen molar-refractivity contribution in [3.05, 3.63) is 22.7 Å². The van der Waals surface area contributed by atoms with Crippen molar-refractivity contribution >= 4 is 31.6 Å². The SMILES string of the molecule is CC1(C)CCN(S(=O)(=O)c2ccc(N)c(Br)c2)C1. The maximum absolute atomic E-state index is 12.5. The van der Waals surface area contributed by atoms with E-state index in [0.717, 1.165) is 6.42 Å². The molecule has 1 saturated heterocycles. The number of nitrogen functional groups attached to an aromatic ring is 1. The summed E-state index contributed by atoms with van der Waals surface area (Å²) in [6.45, 7) is 5.32. The molecule has 4 nitrogen and oxygen atoms in total. The van der Waals surface area contributed by atoms with Crippen LogP contribution in [0.25, 0.3) is 0 Å². The zero-order valence-electron chi connectivity index (χ0n) is 10.5. The third-order valence-electron chi connectivity index (χ3n) is 3.25. The van der Waals surface area contributed by atoms with Crippen LogP contribution in [0.2, 0.25) is 0 Å². The van der Waals surface area contributed by atoms with Gasteiger partial charge in [-0.1, -0.05) is 13.8 Å². The molecule has 0 saturated carbocycles. The Morgan fingerprint density at radius 1 is 1.39 bits per heavy atom. The van der Waals surface area contributed by atoms with E-state index in [4.69, 9.17) is 5.73 Å². The summed E-state index contributed by atoms with van der Waals surface area (Å²) in [7, 11) is -3.40. The molecular weight excluding hydrogens is 316 g/mol. The molecule has 2 rings (SSSR count). The molecule has 0 aliphatic carbocycles. The van der Waals surface area contributed by atoms with E-state index in [0.29, 0.717) is 28.1 Å². The van der Waals surface area contributed by atoms with Gasteiger partial charge in [0.25, 0.3) is 0 Å². The lowest BCUT2D eigenvalue weighted by molar-refractivity contribution is 0.375. The maximum atomic E-state index is 12.5. The van der Waals surface area contributed by atoms with Crippen LogP contribution in [0.15, 0.2) is 27.6 Å². The van der Waals surface area contributed by atoms with E-state index in [9.17, 15) is 8.42 Å². The molecular formula is C12H17BrN2O2S. The Morgan fingerprint density at radius 3 is 2.56 bits per heavy atom. The zero-order valence-corrected chi connectivity index (χ0v) is 12.9. The van der Waals surface area contributed by atoms with Crippen molar-refractivity contribution in [1.82, 2.24) is 4.31 Å². The molecule has 1 aromatic rings. The van der Waals surface area contributed by atoms with Gasteiger partial charge in [0.05, 0.1) is 4.90 Å². The molecule has 0 aromatic heterocycles. The van der Waals surface area contributed by atoms with Crippen molar-refractivity contribution in [1.29, 1.82) is 0 Å². The Balaban J connectivity index is 2.34. The highest BCUT2D eigenvalue weighted by molar-refractivity contribution is 9.10. The largest absolute Gasteiger partial charge is 0.398 e. The second-order valence-corrected chi connectivity index (χ2v) is 8.23. The third kappa shape index (κ3) is 2.55. The van der Waals surface area contributed by atoms with Crippen molar-refractivity contribution in [2.45, 2.75) is 25.2 Å². The third-order valence-corrected chi connectivity index (χ3v) is 5.78. The molecule has 1 heterocycles. The van der Waals surface area contributed by atoms with Gasteiger partial charge in [0.2, 0.25) is 10.0 Å². The molecule has 0 bridgehead atoms. The monoisotopic (exact) mass is 332 g/mol. The lowest BCUT2D eigenvalue weighted by Crippen LogP contribution is -2.30. The zero-order chi connectivity index (χ0) is 13.6. The lowest BCUT2D eigenvalue weighted by atomic mass is 9.93. The first kappa shape index (κ1) is 13.8. The van der Waals surface area contributed by atoms with E-state index >= 15 is 0 Å². The van der Waals surface area contributed by atoms with Crippen LogP contribution in [-0.4, -0.2) is 25.8 Å². The maximum Gasteiger partial charge on any atom is 0.243 e. The summed E-state index contributed by atoms with van der Waals surface area (Å²) in [6, 6.07) is 4.73. The van der Waals surface area contributed by atoms with E-state index in [2.05, 4.69) is 29.8 Å². The van der Waals surface area contributed by atoms with Gasteiger partial charge in [-0.25, -0.2) is 8.42 Å². The van der Waals surface area contributed by atoms with Gasteiger partial charge in [-0.15, -0.1) is 0 Å². The fourth-order valence-electron chi connectivity index (χ4n) is 2.09. The Kier molecular flexibility index (Phi) is 3.46. The Morgan fingerprint density at radius 2 is 2.06 bits per heavy atom. The first-order chi connectivity index (χ1) is 8.22.